The number of hydrogen-bond acceptors (Lipinski definition) is 2. The highest BCUT2D eigenvalue weighted by Crippen LogP contribution is 2.38. The first-order valence-corrected chi connectivity index (χ1v) is 6.77. The van der Waals surface area contributed by atoms with Gasteiger partial charge < -0.3 is 4.74 Å². The van der Waals surface area contributed by atoms with E-state index >= 15 is 0 Å². The Hall–Kier alpha value is -1.09. The fraction of sp³-hybridized carbons (Fsp3) is 0.357. The van der Waals surface area contributed by atoms with Gasteiger partial charge in [-0.3, -0.25) is 0 Å². The molecule has 1 heterocycles. The number of esters is 1. The molecule has 1 aromatic rings. The van der Waals surface area contributed by atoms with E-state index in [1.54, 1.807) is 0 Å². The number of carbonyl (C=O) groups is 1. The van der Waals surface area contributed by atoms with Gasteiger partial charge in [-0.05, 0) is 36.0 Å². The highest BCUT2D eigenvalue weighted by atomic mass is 79.9. The summed E-state index contributed by atoms with van der Waals surface area (Å²) in [6.07, 6.45) is 2.68. The zero-order valence-electron chi connectivity index (χ0n) is 9.41. The maximum Gasteiger partial charge on any atom is 0.334 e. The number of hydrogen-bond donors (Lipinski definition) is 0. The first-order valence-electron chi connectivity index (χ1n) is 5.85. The molecule has 88 valence electrons. The van der Waals surface area contributed by atoms with Crippen LogP contribution in [0, 0.1) is 0 Å². The summed E-state index contributed by atoms with van der Waals surface area (Å²) in [4.78, 5) is 11.8. The van der Waals surface area contributed by atoms with Crippen molar-refractivity contribution >= 4 is 21.9 Å². The number of fused-ring (bicyclic) bond motifs is 1. The molecule has 3 rings (SSSR count). The third-order valence-electron chi connectivity index (χ3n) is 3.52. The molecule has 1 aliphatic heterocycles. The first kappa shape index (κ1) is 11.0. The number of carbonyl (C=O) groups excluding carboxylic acids is 1. The Morgan fingerprint density at radius 1 is 1.24 bits per heavy atom. The van der Waals surface area contributed by atoms with Crippen LogP contribution in [0.1, 0.15) is 28.8 Å². The summed E-state index contributed by atoms with van der Waals surface area (Å²) < 4.78 is 5.12. The lowest BCUT2D eigenvalue weighted by molar-refractivity contribution is -0.136. The minimum atomic E-state index is -0.121. The number of rotatable bonds is 0. The molecule has 0 fully saturated rings. The topological polar surface area (TPSA) is 26.3 Å². The van der Waals surface area contributed by atoms with Crippen molar-refractivity contribution in [1.82, 2.24) is 0 Å². The lowest BCUT2D eigenvalue weighted by Crippen LogP contribution is -2.07. The van der Waals surface area contributed by atoms with E-state index in [1.807, 2.05) is 0 Å². The van der Waals surface area contributed by atoms with Gasteiger partial charge in [0.25, 0.3) is 0 Å². The van der Waals surface area contributed by atoms with Crippen LogP contribution in [0.2, 0.25) is 0 Å². The predicted octanol–water partition coefficient (Wildman–Crippen LogP) is 3.31. The number of benzene rings is 1. The van der Waals surface area contributed by atoms with Gasteiger partial charge in [0, 0.05) is 10.4 Å². The molecule has 0 amide bonds. The molecule has 3 heteroatoms. The van der Waals surface area contributed by atoms with Gasteiger partial charge in [0.15, 0.2) is 0 Å². The summed E-state index contributed by atoms with van der Waals surface area (Å²) in [5.41, 5.74) is 4.76. The quantitative estimate of drug-likeness (QED) is 0.542. The average molecular weight is 293 g/mol. The molecule has 2 nitrogen and oxygen atoms in total. The summed E-state index contributed by atoms with van der Waals surface area (Å²) in [7, 11) is 0. The minimum absolute atomic E-state index is 0.121. The number of aryl methyl sites for hydroxylation is 1. The van der Waals surface area contributed by atoms with Crippen molar-refractivity contribution in [2.24, 2.45) is 0 Å². The van der Waals surface area contributed by atoms with Crippen LogP contribution in [-0.2, 0) is 16.0 Å². The van der Waals surface area contributed by atoms with E-state index in [0.29, 0.717) is 6.61 Å². The van der Waals surface area contributed by atoms with Gasteiger partial charge >= 0.3 is 5.97 Å². The average Bonchev–Trinajstić information content (AvgIpc) is 2.66. The van der Waals surface area contributed by atoms with Crippen LogP contribution in [0.3, 0.4) is 0 Å². The van der Waals surface area contributed by atoms with Crippen molar-refractivity contribution < 1.29 is 9.53 Å². The van der Waals surface area contributed by atoms with Gasteiger partial charge in [-0.1, -0.05) is 40.2 Å². The van der Waals surface area contributed by atoms with Crippen LogP contribution in [-0.4, -0.2) is 12.6 Å². The third kappa shape index (κ3) is 1.93. The summed E-state index contributed by atoms with van der Waals surface area (Å²) in [5, 5.41) is 0. The molecule has 1 aliphatic carbocycles. The van der Waals surface area contributed by atoms with Crippen LogP contribution < -0.4 is 0 Å². The van der Waals surface area contributed by atoms with Crippen molar-refractivity contribution in [3.8, 4) is 0 Å². The standard InChI is InChI=1S/C14H13BrO2/c15-13-7-12-10(8-17-14(12)16)6-5-9-3-1-2-4-11(9)13/h1-4,13H,5-8H2/t13-/m0/s1. The van der Waals surface area contributed by atoms with Gasteiger partial charge in [0.2, 0.25) is 0 Å². The van der Waals surface area contributed by atoms with Gasteiger partial charge in [0.1, 0.15) is 6.61 Å². The fourth-order valence-electron chi connectivity index (χ4n) is 2.56. The second-order valence-corrected chi connectivity index (χ2v) is 5.63. The third-order valence-corrected chi connectivity index (χ3v) is 4.34. The molecule has 0 saturated heterocycles. The van der Waals surface area contributed by atoms with Crippen molar-refractivity contribution in [2.45, 2.75) is 24.1 Å². The monoisotopic (exact) mass is 292 g/mol. The van der Waals surface area contributed by atoms with Crippen LogP contribution in [0.25, 0.3) is 0 Å². The van der Waals surface area contributed by atoms with E-state index in [0.717, 1.165) is 24.8 Å². The number of halogens is 1. The van der Waals surface area contributed by atoms with Crippen molar-refractivity contribution in [2.75, 3.05) is 6.61 Å². The summed E-state index contributed by atoms with van der Waals surface area (Å²) in [6.45, 7) is 0.496. The van der Waals surface area contributed by atoms with Gasteiger partial charge in [-0.15, -0.1) is 0 Å². The van der Waals surface area contributed by atoms with Crippen LogP contribution in [0.4, 0.5) is 0 Å². The van der Waals surface area contributed by atoms with Crippen molar-refractivity contribution in [1.29, 1.82) is 0 Å². The molecular formula is C14H13BrO2. The van der Waals surface area contributed by atoms with Gasteiger partial charge in [-0.25, -0.2) is 4.79 Å². The van der Waals surface area contributed by atoms with Gasteiger partial charge in [-0.2, -0.15) is 0 Å². The molecule has 1 atom stereocenters. The zero-order chi connectivity index (χ0) is 11.8. The van der Waals surface area contributed by atoms with E-state index < -0.39 is 0 Å². The molecule has 0 radical (unpaired) electrons. The highest BCUT2D eigenvalue weighted by Gasteiger charge is 2.29. The summed E-state index contributed by atoms with van der Waals surface area (Å²) >= 11 is 3.69. The lowest BCUT2D eigenvalue weighted by Gasteiger charge is -2.18. The molecule has 0 aromatic heterocycles. The minimum Gasteiger partial charge on any atom is -0.458 e. The highest BCUT2D eigenvalue weighted by molar-refractivity contribution is 9.09. The number of cyclic esters (lactones) is 1. The predicted molar refractivity (Wildman–Crippen MR) is 69.0 cm³/mol. The van der Waals surface area contributed by atoms with E-state index in [9.17, 15) is 4.79 Å². The van der Waals surface area contributed by atoms with Crippen LogP contribution >= 0.6 is 15.9 Å². The van der Waals surface area contributed by atoms with Gasteiger partial charge in [0.05, 0.1) is 0 Å². The SMILES string of the molecule is O=C1OCC2=C1C[C@H](Br)c1ccccc1CC2. The van der Waals surface area contributed by atoms with E-state index in [1.165, 1.54) is 16.7 Å². The Morgan fingerprint density at radius 2 is 2.06 bits per heavy atom. The second kappa shape index (κ2) is 4.30. The maximum atomic E-state index is 11.6. The van der Waals surface area contributed by atoms with E-state index in [2.05, 4.69) is 40.2 Å². The molecule has 0 spiro atoms. The van der Waals surface area contributed by atoms with Crippen molar-refractivity contribution in [3.05, 3.63) is 46.5 Å². The van der Waals surface area contributed by atoms with E-state index in [4.69, 9.17) is 4.74 Å². The Balaban J connectivity index is 2.00. The molecular weight excluding hydrogens is 280 g/mol. The van der Waals surface area contributed by atoms with Crippen LogP contribution in [0.5, 0.6) is 0 Å². The molecule has 17 heavy (non-hydrogen) atoms. The number of ether oxygens (including phenoxy) is 1. The Labute approximate surface area is 109 Å². The first-order chi connectivity index (χ1) is 8.25. The Bertz CT molecular complexity index is 505. The lowest BCUT2D eigenvalue weighted by atomic mass is 9.90. The van der Waals surface area contributed by atoms with Crippen molar-refractivity contribution in [3.63, 3.8) is 0 Å². The van der Waals surface area contributed by atoms with Crippen LogP contribution in [0.15, 0.2) is 35.4 Å². The molecule has 0 N–H and O–H groups in total. The largest absolute Gasteiger partial charge is 0.458 e. The summed E-state index contributed by atoms with van der Waals surface area (Å²) in [5.74, 6) is -0.121. The van der Waals surface area contributed by atoms with E-state index in [-0.39, 0.29) is 10.8 Å². The maximum absolute atomic E-state index is 11.6. The summed E-state index contributed by atoms with van der Waals surface area (Å²) in [6, 6.07) is 8.44. The molecule has 1 aromatic carbocycles. The number of alkyl halides is 1. The smallest absolute Gasteiger partial charge is 0.334 e. The zero-order valence-corrected chi connectivity index (χ0v) is 11.0. The normalized spacial score (nSPS) is 23.6. The molecule has 0 bridgehead atoms. The Morgan fingerprint density at radius 3 is 2.94 bits per heavy atom. The molecule has 0 saturated carbocycles. The molecule has 0 unspecified atom stereocenters. The Kier molecular flexibility index (Phi) is 2.79. The second-order valence-electron chi connectivity index (χ2n) is 4.53. The molecule has 2 aliphatic rings. The fourth-order valence-corrected chi connectivity index (χ4v) is 3.33.